The van der Waals surface area contributed by atoms with E-state index in [1.165, 1.54) is 327 Å². The highest BCUT2D eigenvalue weighted by Gasteiger charge is 2.28. The third-order valence-electron chi connectivity index (χ3n) is 16.9. The van der Waals surface area contributed by atoms with Gasteiger partial charge in [0.2, 0.25) is 5.91 Å². The van der Waals surface area contributed by atoms with E-state index >= 15 is 0 Å². The molecule has 0 aromatic heterocycles. The zero-order valence-corrected chi connectivity index (χ0v) is 56.2. The Labute approximate surface area is 506 Å². The smallest absolute Gasteiger partial charge is 0.387 e. The van der Waals surface area contributed by atoms with E-state index in [1.54, 1.807) is 6.08 Å². The van der Waals surface area contributed by atoms with Crippen LogP contribution in [0.3, 0.4) is 0 Å². The molecule has 0 saturated carbocycles. The number of aliphatic hydroxyl groups is 1. The third kappa shape index (κ3) is 66.4. The number of hydrogen-bond donors (Lipinski definition) is 3. The molecule has 9 heteroatoms. The number of nitrogens with zero attached hydrogens (tertiary/aromatic N) is 1. The van der Waals surface area contributed by atoms with Crippen molar-refractivity contribution in [3.63, 3.8) is 0 Å². The summed E-state index contributed by atoms with van der Waals surface area (Å²) in [5.74, 6) is -0.169. The van der Waals surface area contributed by atoms with Gasteiger partial charge in [-0.25, -0.2) is 4.57 Å². The number of carbonyl (C=O) groups excluding carboxylic acids is 1. The van der Waals surface area contributed by atoms with Gasteiger partial charge < -0.3 is 19.8 Å². The van der Waals surface area contributed by atoms with E-state index in [0.717, 1.165) is 32.1 Å². The van der Waals surface area contributed by atoms with Crippen molar-refractivity contribution in [1.82, 2.24) is 5.32 Å². The lowest BCUT2D eigenvalue weighted by Crippen LogP contribution is -2.45. The molecule has 482 valence electrons. The maximum atomic E-state index is 13.1. The van der Waals surface area contributed by atoms with E-state index in [2.05, 4.69) is 31.3 Å². The highest BCUT2D eigenvalue weighted by atomic mass is 31.2. The Morgan fingerprint density at radius 3 is 0.951 bits per heavy atom. The summed E-state index contributed by atoms with van der Waals surface area (Å²) in [7, 11) is 1.59. The first-order chi connectivity index (χ1) is 39.5. The number of nitrogens with one attached hydrogen (secondary N) is 1. The Morgan fingerprint density at radius 2 is 0.667 bits per heavy atom. The lowest BCUT2D eigenvalue weighted by molar-refractivity contribution is -0.870. The fourth-order valence-electron chi connectivity index (χ4n) is 11.3. The maximum absolute atomic E-state index is 13.1. The Hall–Kier alpha value is -1.02. The van der Waals surface area contributed by atoms with Gasteiger partial charge in [-0.05, 0) is 44.9 Å². The number of phosphoric acid groups is 1. The lowest BCUT2D eigenvalue weighted by Gasteiger charge is -2.25. The quantitative estimate of drug-likeness (QED) is 0.0243. The summed E-state index contributed by atoms with van der Waals surface area (Å²) in [6.07, 6.45) is 83.4. The van der Waals surface area contributed by atoms with E-state index in [1.807, 2.05) is 27.2 Å². The molecule has 3 atom stereocenters. The van der Waals surface area contributed by atoms with Gasteiger partial charge in [-0.15, -0.1) is 0 Å². The summed E-state index contributed by atoms with van der Waals surface area (Å²) < 4.78 is 23.8. The van der Waals surface area contributed by atoms with Crippen LogP contribution in [0.2, 0.25) is 0 Å². The molecular formula is C72H144N2O6P+. The Morgan fingerprint density at radius 1 is 0.407 bits per heavy atom. The number of aliphatic hydroxyl groups excluding tert-OH is 1. The van der Waals surface area contributed by atoms with Crippen LogP contribution in [-0.4, -0.2) is 73.4 Å². The molecule has 8 nitrogen and oxygen atoms in total. The second-order valence-electron chi connectivity index (χ2n) is 26.3. The van der Waals surface area contributed by atoms with Gasteiger partial charge in [0.1, 0.15) is 13.2 Å². The zero-order valence-electron chi connectivity index (χ0n) is 55.3. The Kier molecular flexibility index (Phi) is 62.7. The average Bonchev–Trinajstić information content (AvgIpc) is 3.43. The minimum atomic E-state index is -4.35. The first-order valence-corrected chi connectivity index (χ1v) is 37.7. The molecule has 0 rings (SSSR count). The van der Waals surface area contributed by atoms with Crippen LogP contribution >= 0.6 is 7.82 Å². The molecule has 81 heavy (non-hydrogen) atoms. The number of likely N-dealkylation sites (N-methyl/N-ethyl adjacent to an activating group) is 1. The topological polar surface area (TPSA) is 105 Å². The van der Waals surface area contributed by atoms with Crippen molar-refractivity contribution in [2.75, 3.05) is 40.9 Å². The number of quaternary nitrogens is 1. The van der Waals surface area contributed by atoms with E-state index in [9.17, 15) is 19.4 Å². The van der Waals surface area contributed by atoms with Crippen molar-refractivity contribution in [3.8, 4) is 0 Å². The largest absolute Gasteiger partial charge is 0.472 e. The SMILES string of the molecule is CCCCCCCCCC/C=C\CCCCCCCCCCCCCCCCCC(=O)NC(COP(=O)(O)OCC[N+](C)(C)C)C(O)/C=C/CCCCCCCCCCCCCCCCCCCCCCCCCCCCCCCC. The van der Waals surface area contributed by atoms with Crippen molar-refractivity contribution >= 4 is 13.7 Å². The predicted octanol–water partition coefficient (Wildman–Crippen LogP) is 23.1. The maximum Gasteiger partial charge on any atom is 0.472 e. The first-order valence-electron chi connectivity index (χ1n) is 36.2. The molecule has 0 aliphatic carbocycles. The predicted molar refractivity (Wildman–Crippen MR) is 355 cm³/mol. The van der Waals surface area contributed by atoms with Crippen molar-refractivity contribution in [2.45, 2.75) is 392 Å². The van der Waals surface area contributed by atoms with Gasteiger partial charge >= 0.3 is 7.82 Å². The normalized spacial score (nSPS) is 13.7. The number of hydrogen-bond acceptors (Lipinski definition) is 5. The summed E-state index contributed by atoms with van der Waals surface area (Å²) in [5, 5.41) is 14.0. The summed E-state index contributed by atoms with van der Waals surface area (Å²) in [4.78, 5) is 23.4. The van der Waals surface area contributed by atoms with Crippen LogP contribution < -0.4 is 5.32 Å². The van der Waals surface area contributed by atoms with Gasteiger partial charge in [-0.2, -0.15) is 0 Å². The number of allylic oxidation sites excluding steroid dienone is 3. The minimum Gasteiger partial charge on any atom is -0.387 e. The number of carbonyl (C=O) groups is 1. The van der Waals surface area contributed by atoms with Gasteiger partial charge in [0.25, 0.3) is 0 Å². The summed E-state index contributed by atoms with van der Waals surface area (Å²) in [6, 6.07) is -0.846. The number of phosphoric ester groups is 1. The molecule has 0 radical (unpaired) electrons. The molecule has 0 aromatic rings. The van der Waals surface area contributed by atoms with Crippen LogP contribution in [0.15, 0.2) is 24.3 Å². The van der Waals surface area contributed by atoms with Gasteiger partial charge in [0.05, 0.1) is 39.9 Å². The van der Waals surface area contributed by atoms with Crippen molar-refractivity contribution in [1.29, 1.82) is 0 Å². The minimum absolute atomic E-state index is 0.0641. The summed E-state index contributed by atoms with van der Waals surface area (Å²) in [6.45, 7) is 4.88. The van der Waals surface area contributed by atoms with Crippen LogP contribution in [0.25, 0.3) is 0 Å². The molecule has 0 saturated heterocycles. The van der Waals surface area contributed by atoms with Crippen LogP contribution in [0.4, 0.5) is 0 Å². The van der Waals surface area contributed by atoms with Gasteiger partial charge in [-0.1, -0.05) is 353 Å². The van der Waals surface area contributed by atoms with E-state index in [4.69, 9.17) is 9.05 Å². The summed E-state index contributed by atoms with van der Waals surface area (Å²) in [5.41, 5.74) is 0. The Balaban J connectivity index is 4.02. The summed E-state index contributed by atoms with van der Waals surface area (Å²) >= 11 is 0. The highest BCUT2D eigenvalue weighted by molar-refractivity contribution is 7.47. The molecule has 0 aliphatic rings. The molecule has 0 spiro atoms. The third-order valence-corrected chi connectivity index (χ3v) is 17.9. The van der Waals surface area contributed by atoms with Gasteiger partial charge in [0.15, 0.2) is 0 Å². The molecule has 3 N–H and O–H groups in total. The molecule has 0 heterocycles. The van der Waals surface area contributed by atoms with Crippen LogP contribution in [0, 0.1) is 0 Å². The molecule has 0 fully saturated rings. The van der Waals surface area contributed by atoms with Crippen LogP contribution in [0.5, 0.6) is 0 Å². The van der Waals surface area contributed by atoms with Crippen molar-refractivity contribution in [2.24, 2.45) is 0 Å². The number of unbranched alkanes of at least 4 members (excludes halogenated alkanes) is 53. The van der Waals surface area contributed by atoms with Crippen molar-refractivity contribution < 1.29 is 32.9 Å². The highest BCUT2D eigenvalue weighted by Crippen LogP contribution is 2.43. The van der Waals surface area contributed by atoms with Crippen LogP contribution in [-0.2, 0) is 18.4 Å². The molecular weight excluding hydrogens is 1020 g/mol. The van der Waals surface area contributed by atoms with E-state index < -0.39 is 20.0 Å². The molecule has 0 aliphatic heterocycles. The van der Waals surface area contributed by atoms with Gasteiger partial charge in [-0.3, -0.25) is 13.8 Å². The van der Waals surface area contributed by atoms with Gasteiger partial charge in [0, 0.05) is 6.42 Å². The average molecular weight is 1160 g/mol. The van der Waals surface area contributed by atoms with E-state index in [0.29, 0.717) is 17.4 Å². The molecule has 1 amide bonds. The number of rotatable bonds is 68. The second-order valence-corrected chi connectivity index (χ2v) is 27.8. The lowest BCUT2D eigenvalue weighted by atomic mass is 10.0. The molecule has 0 bridgehead atoms. The fourth-order valence-corrected chi connectivity index (χ4v) is 12.0. The second kappa shape index (κ2) is 63.5. The fraction of sp³-hybridized carbons (Fsp3) is 0.931. The molecule has 3 unspecified atom stereocenters. The molecule has 0 aromatic carbocycles. The number of amides is 1. The first kappa shape index (κ1) is 80.0. The monoisotopic (exact) mass is 1160 g/mol. The van der Waals surface area contributed by atoms with E-state index in [-0.39, 0.29) is 19.1 Å². The Bertz CT molecular complexity index is 1370. The zero-order chi connectivity index (χ0) is 59.1. The van der Waals surface area contributed by atoms with Crippen molar-refractivity contribution in [3.05, 3.63) is 24.3 Å². The van der Waals surface area contributed by atoms with Crippen LogP contribution in [0.1, 0.15) is 380 Å². The standard InChI is InChI=1S/C72H143N2O6P/c1-6-8-10-12-14-16-18-20-22-24-26-28-30-32-34-35-36-37-38-40-41-43-45-47-49-51-53-55-57-59-61-63-65-71(75)70(69-80-81(77,78)79-68-67-74(3,4)5)73-72(76)66-64-62-60-58-56-54-52-50-48-46-44-42-39-33-31-29-27-25-23-21-19-17-15-13-11-9-7-2/h25,27,63,65,70-71,75H,6-24,26,28-62,64,66-69H2,1-5H3,(H-,73,76,77,78)/p+1/b27-25-,65-63+.